The first-order valence-electron chi connectivity index (χ1n) is 12.6. The fourth-order valence-corrected chi connectivity index (χ4v) is 21.4. The van der Waals surface area contributed by atoms with E-state index in [1.165, 1.54) is 55.5 Å². The topological polar surface area (TPSA) is 73.1 Å². The monoisotopic (exact) mass is 580 g/mol. The van der Waals surface area contributed by atoms with E-state index in [0.717, 1.165) is 16.8 Å². The van der Waals surface area contributed by atoms with Gasteiger partial charge in [-0.25, -0.2) is 0 Å². The Morgan fingerprint density at radius 1 is 0.848 bits per heavy atom. The standard InChI is InChI=1S/C15H17N2O2S.3C4H9.Sn/c1-15(2,3)14-11(12-8-4-5-10-17-12)7-6-9-13(14)20(16,18)19;3*1-3-4-2;/h4-9H,1-3H3,(H2,16,18,19);3*1,3-4H2,2H3;. The van der Waals surface area contributed by atoms with Crippen LogP contribution in [0.5, 0.6) is 0 Å². The van der Waals surface area contributed by atoms with Gasteiger partial charge in [0, 0.05) is 0 Å². The zero-order valence-corrected chi connectivity index (χ0v) is 25.2. The number of unbranched alkanes of at least 4 members (excludes halogenated alkanes) is 3. The van der Waals surface area contributed by atoms with Crippen LogP contribution in [0.4, 0.5) is 0 Å². The summed E-state index contributed by atoms with van der Waals surface area (Å²) in [5.41, 5.74) is 2.14. The number of hydrogen-bond donors (Lipinski definition) is 1. The third kappa shape index (κ3) is 7.28. The molecule has 1 aromatic carbocycles. The van der Waals surface area contributed by atoms with Crippen LogP contribution in [0.15, 0.2) is 41.3 Å². The second kappa shape index (κ2) is 12.2. The number of primary sulfonamides is 1. The molecule has 0 saturated heterocycles. The summed E-state index contributed by atoms with van der Waals surface area (Å²) in [7, 11) is -3.84. The van der Waals surface area contributed by atoms with Crippen molar-refractivity contribution in [1.82, 2.24) is 4.98 Å². The summed E-state index contributed by atoms with van der Waals surface area (Å²) in [5.74, 6) is 0. The Bertz CT molecular complexity index is 991. The van der Waals surface area contributed by atoms with Gasteiger partial charge in [-0.15, -0.1) is 0 Å². The quantitative estimate of drug-likeness (QED) is 0.283. The van der Waals surface area contributed by atoms with Gasteiger partial charge in [0.1, 0.15) is 0 Å². The molecule has 4 nitrogen and oxygen atoms in total. The number of nitrogens with zero attached hydrogens (tertiary/aromatic N) is 1. The second-order valence-corrected chi connectivity index (χ2v) is 25.1. The molecule has 2 aromatic rings. The average Bonchev–Trinajstić information content (AvgIpc) is 2.77. The Hall–Kier alpha value is -0.921. The fourth-order valence-electron chi connectivity index (χ4n) is 4.94. The van der Waals surface area contributed by atoms with Gasteiger partial charge in [-0.3, -0.25) is 0 Å². The van der Waals surface area contributed by atoms with Crippen LogP contribution in [0.25, 0.3) is 11.3 Å². The minimum atomic E-state index is -3.84. The van der Waals surface area contributed by atoms with E-state index < -0.39 is 28.4 Å². The van der Waals surface area contributed by atoms with Crippen molar-refractivity contribution in [3.8, 4) is 11.3 Å². The van der Waals surface area contributed by atoms with Gasteiger partial charge < -0.3 is 0 Å². The first kappa shape index (κ1) is 28.3. The Morgan fingerprint density at radius 3 is 1.82 bits per heavy atom. The zero-order valence-electron chi connectivity index (χ0n) is 21.6. The summed E-state index contributed by atoms with van der Waals surface area (Å²) in [5, 5.41) is 5.63. The molecule has 0 aliphatic rings. The third-order valence-corrected chi connectivity index (χ3v) is 22.7. The number of pyridine rings is 1. The predicted molar refractivity (Wildman–Crippen MR) is 144 cm³/mol. The molecule has 33 heavy (non-hydrogen) atoms. The molecule has 0 radical (unpaired) electrons. The van der Waals surface area contributed by atoms with Crippen molar-refractivity contribution in [1.29, 1.82) is 0 Å². The Kier molecular flexibility index (Phi) is 10.4. The van der Waals surface area contributed by atoms with Gasteiger partial charge >= 0.3 is 208 Å². The summed E-state index contributed by atoms with van der Waals surface area (Å²) >= 11 is -2.71. The van der Waals surface area contributed by atoms with E-state index in [-0.39, 0.29) is 10.3 Å². The molecule has 0 aliphatic carbocycles. The number of benzene rings is 1. The molecule has 0 aliphatic heterocycles. The van der Waals surface area contributed by atoms with Gasteiger partial charge in [0.25, 0.3) is 0 Å². The molecule has 0 fully saturated rings. The summed E-state index contributed by atoms with van der Waals surface area (Å²) in [6.07, 6.45) is 7.51. The van der Waals surface area contributed by atoms with Gasteiger partial charge in [-0.1, -0.05) is 0 Å². The van der Waals surface area contributed by atoms with Gasteiger partial charge in [0.2, 0.25) is 0 Å². The number of sulfonamides is 1. The first-order valence-corrected chi connectivity index (χ1v) is 21.7. The van der Waals surface area contributed by atoms with Crippen molar-refractivity contribution < 1.29 is 8.42 Å². The molecule has 184 valence electrons. The van der Waals surface area contributed by atoms with Gasteiger partial charge in [-0.2, -0.15) is 0 Å². The third-order valence-electron chi connectivity index (χ3n) is 6.68. The predicted octanol–water partition coefficient (Wildman–Crippen LogP) is 6.75. The van der Waals surface area contributed by atoms with E-state index in [9.17, 15) is 8.42 Å². The van der Waals surface area contributed by atoms with Gasteiger partial charge in [-0.05, 0) is 0 Å². The molecule has 2 rings (SSSR count). The van der Waals surface area contributed by atoms with E-state index in [1.54, 1.807) is 12.1 Å². The van der Waals surface area contributed by atoms with Gasteiger partial charge in [0.05, 0.1) is 0 Å². The maximum absolute atomic E-state index is 12.4. The van der Waals surface area contributed by atoms with Crippen molar-refractivity contribution in [3.63, 3.8) is 0 Å². The zero-order chi connectivity index (χ0) is 24.7. The van der Waals surface area contributed by atoms with Crippen molar-refractivity contribution in [2.45, 2.75) is 104 Å². The van der Waals surface area contributed by atoms with Crippen LogP contribution >= 0.6 is 0 Å². The first-order chi connectivity index (χ1) is 15.5. The van der Waals surface area contributed by atoms with Crippen LogP contribution in [0.2, 0.25) is 13.3 Å². The maximum atomic E-state index is 12.4. The van der Waals surface area contributed by atoms with Crippen molar-refractivity contribution >= 4 is 32.1 Å². The number of aromatic nitrogens is 1. The molecular formula is C27H44N2O2SSn. The molecule has 6 heteroatoms. The summed E-state index contributed by atoms with van der Waals surface area (Å²) < 4.78 is 30.3. The Labute approximate surface area is 206 Å². The second-order valence-electron chi connectivity index (χ2n) is 10.5. The Morgan fingerprint density at radius 2 is 1.36 bits per heavy atom. The van der Waals surface area contributed by atoms with Crippen LogP contribution in [-0.4, -0.2) is 31.8 Å². The van der Waals surface area contributed by atoms with Crippen LogP contribution in [0.3, 0.4) is 0 Å². The Balaban J connectivity index is 2.73. The van der Waals surface area contributed by atoms with Crippen molar-refractivity contribution in [2.75, 3.05) is 0 Å². The molecule has 0 amide bonds. The summed E-state index contributed by atoms with van der Waals surface area (Å²) in [4.78, 5) is 5.54. The molecule has 0 saturated carbocycles. The molecular weight excluding hydrogens is 535 g/mol. The van der Waals surface area contributed by atoms with E-state index in [0.29, 0.717) is 0 Å². The minimum absolute atomic E-state index is 0.206. The number of hydrogen-bond acceptors (Lipinski definition) is 3. The average molecular weight is 579 g/mol. The van der Waals surface area contributed by atoms with Crippen LogP contribution < -0.4 is 8.85 Å². The summed E-state index contributed by atoms with van der Waals surface area (Å²) in [6.45, 7) is 13.0. The molecule has 0 spiro atoms. The van der Waals surface area contributed by atoms with Crippen LogP contribution in [-0.2, 0) is 15.4 Å². The van der Waals surface area contributed by atoms with Crippen molar-refractivity contribution in [3.05, 3.63) is 42.0 Å². The van der Waals surface area contributed by atoms with Crippen LogP contribution in [0, 0.1) is 0 Å². The van der Waals surface area contributed by atoms with E-state index in [4.69, 9.17) is 10.1 Å². The number of nitrogens with two attached hydrogens (primary N) is 1. The van der Waals surface area contributed by atoms with E-state index in [2.05, 4.69) is 32.9 Å². The fraction of sp³-hybridized carbons (Fsp3) is 0.593. The van der Waals surface area contributed by atoms with Crippen molar-refractivity contribution in [2.24, 2.45) is 5.14 Å². The number of rotatable bonds is 12. The van der Waals surface area contributed by atoms with Crippen LogP contribution in [0.1, 0.15) is 85.6 Å². The summed E-state index contributed by atoms with van der Waals surface area (Å²) in [6, 6.07) is 11.9. The van der Waals surface area contributed by atoms with E-state index in [1.807, 2.05) is 32.9 Å². The molecule has 1 aromatic heterocycles. The SMILES string of the molecule is CCC[CH2][Sn]([CH2]CCC)([CH2]CCC)[c]1cccc(-c2cccc(S(N)(=O)=O)c2C(C)(C)C)n1. The molecule has 0 unspecified atom stereocenters. The molecule has 0 atom stereocenters. The molecule has 0 bridgehead atoms. The molecule has 2 N–H and O–H groups in total. The van der Waals surface area contributed by atoms with E-state index >= 15 is 0 Å². The van der Waals surface area contributed by atoms with Gasteiger partial charge in [0.15, 0.2) is 0 Å². The normalized spacial score (nSPS) is 12.8. The molecule has 1 heterocycles.